The molecule has 0 aromatic carbocycles. The van der Waals surface area contributed by atoms with Gasteiger partial charge in [0.05, 0.1) is 6.61 Å². The fourth-order valence-corrected chi connectivity index (χ4v) is 3.45. The summed E-state index contributed by atoms with van der Waals surface area (Å²) in [5.41, 5.74) is 0. The number of hydrogen-bond acceptors (Lipinski definition) is 4. The van der Waals surface area contributed by atoms with Crippen LogP contribution in [-0.4, -0.2) is 24.6 Å². The van der Waals surface area contributed by atoms with Gasteiger partial charge in [-0.15, -0.1) is 0 Å². The molecular formula is C21H38O4. The van der Waals surface area contributed by atoms with Gasteiger partial charge in [-0.25, -0.2) is 0 Å². The quantitative estimate of drug-likeness (QED) is 0.346. The number of ether oxygens (including phenoxy) is 2. The summed E-state index contributed by atoms with van der Waals surface area (Å²) in [6, 6.07) is 0. The molecular weight excluding hydrogens is 316 g/mol. The van der Waals surface area contributed by atoms with E-state index >= 15 is 0 Å². The van der Waals surface area contributed by atoms with Gasteiger partial charge in [-0.3, -0.25) is 9.59 Å². The smallest absolute Gasteiger partial charge is 0.306 e. The second kappa shape index (κ2) is 13.2. The average Bonchev–Trinajstić information content (AvgIpc) is 2.59. The highest BCUT2D eigenvalue weighted by Gasteiger charge is 2.21. The van der Waals surface area contributed by atoms with Crippen molar-refractivity contribution in [1.29, 1.82) is 0 Å². The van der Waals surface area contributed by atoms with Gasteiger partial charge in [0.1, 0.15) is 6.10 Å². The number of hydrogen-bond donors (Lipinski definition) is 0. The predicted octanol–water partition coefficient (Wildman–Crippen LogP) is 5.43. The molecule has 1 saturated carbocycles. The van der Waals surface area contributed by atoms with Crippen LogP contribution in [0.5, 0.6) is 0 Å². The van der Waals surface area contributed by atoms with Crippen LogP contribution in [0.1, 0.15) is 97.8 Å². The van der Waals surface area contributed by atoms with E-state index in [1.54, 1.807) is 0 Å². The Morgan fingerprint density at radius 3 is 2.40 bits per heavy atom. The summed E-state index contributed by atoms with van der Waals surface area (Å²) in [6.07, 6.45) is 11.3. The molecule has 3 atom stereocenters. The van der Waals surface area contributed by atoms with Crippen LogP contribution in [0.2, 0.25) is 0 Å². The molecule has 4 nitrogen and oxygen atoms in total. The van der Waals surface area contributed by atoms with Gasteiger partial charge in [-0.2, -0.15) is 0 Å². The van der Waals surface area contributed by atoms with E-state index < -0.39 is 0 Å². The molecule has 0 saturated heterocycles. The Balaban J connectivity index is 2.05. The molecule has 1 aliphatic rings. The maximum Gasteiger partial charge on any atom is 0.306 e. The van der Waals surface area contributed by atoms with E-state index in [-0.39, 0.29) is 18.0 Å². The van der Waals surface area contributed by atoms with Gasteiger partial charge >= 0.3 is 11.9 Å². The van der Waals surface area contributed by atoms with Gasteiger partial charge in [0.15, 0.2) is 0 Å². The zero-order chi connectivity index (χ0) is 18.5. The van der Waals surface area contributed by atoms with Crippen molar-refractivity contribution in [2.24, 2.45) is 11.8 Å². The predicted molar refractivity (Wildman–Crippen MR) is 100 cm³/mol. The van der Waals surface area contributed by atoms with Crippen LogP contribution < -0.4 is 0 Å². The molecule has 1 aliphatic carbocycles. The second-order valence-corrected chi connectivity index (χ2v) is 7.69. The third-order valence-corrected chi connectivity index (χ3v) is 5.22. The molecule has 0 aliphatic heterocycles. The Kier molecular flexibility index (Phi) is 11.6. The average molecular weight is 355 g/mol. The lowest BCUT2D eigenvalue weighted by Crippen LogP contribution is -2.24. The van der Waals surface area contributed by atoms with E-state index in [9.17, 15) is 9.59 Å². The summed E-state index contributed by atoms with van der Waals surface area (Å²) < 4.78 is 10.9. The van der Waals surface area contributed by atoms with Crippen LogP contribution in [0.4, 0.5) is 0 Å². The van der Waals surface area contributed by atoms with Crippen LogP contribution in [-0.2, 0) is 19.1 Å². The summed E-state index contributed by atoms with van der Waals surface area (Å²) in [7, 11) is 0. The molecule has 4 heteroatoms. The molecule has 0 spiro atoms. The van der Waals surface area contributed by atoms with E-state index in [0.717, 1.165) is 32.1 Å². The van der Waals surface area contributed by atoms with Crippen LogP contribution in [0, 0.1) is 11.8 Å². The van der Waals surface area contributed by atoms with E-state index in [0.29, 0.717) is 44.1 Å². The van der Waals surface area contributed by atoms with Gasteiger partial charge in [-0.05, 0) is 50.4 Å². The molecule has 0 N–H and O–H groups in total. The fraction of sp³-hybridized carbons (Fsp3) is 0.905. The molecule has 1 fully saturated rings. The number of carbonyl (C=O) groups excluding carboxylic acids is 2. The van der Waals surface area contributed by atoms with Crippen molar-refractivity contribution in [1.82, 2.24) is 0 Å². The minimum absolute atomic E-state index is 0.107. The Hall–Kier alpha value is -1.06. The summed E-state index contributed by atoms with van der Waals surface area (Å²) >= 11 is 0. The molecule has 0 heterocycles. The maximum atomic E-state index is 11.9. The van der Waals surface area contributed by atoms with Crippen LogP contribution in [0.15, 0.2) is 0 Å². The van der Waals surface area contributed by atoms with Crippen molar-refractivity contribution in [3.05, 3.63) is 0 Å². The fourth-order valence-electron chi connectivity index (χ4n) is 3.45. The Morgan fingerprint density at radius 1 is 1.04 bits per heavy atom. The molecule has 1 unspecified atom stereocenters. The number of carbonyl (C=O) groups is 2. The van der Waals surface area contributed by atoms with Crippen molar-refractivity contribution >= 4 is 11.9 Å². The Morgan fingerprint density at radius 2 is 1.76 bits per heavy atom. The summed E-state index contributed by atoms with van der Waals surface area (Å²) in [5.74, 6) is 0.893. The van der Waals surface area contributed by atoms with Crippen LogP contribution in [0.25, 0.3) is 0 Å². The van der Waals surface area contributed by atoms with Gasteiger partial charge in [0.25, 0.3) is 0 Å². The van der Waals surface area contributed by atoms with Gasteiger partial charge < -0.3 is 9.47 Å². The van der Waals surface area contributed by atoms with Crippen LogP contribution >= 0.6 is 0 Å². The standard InChI is InChI=1S/C21H38O4/c1-4-6-11-18(5-2)16-24-20(22)13-7-8-14-21(23)25-19-12-9-10-17(3)15-19/h17-19H,4-16H2,1-3H3/t17-,18?,19-/m0/s1. The highest BCUT2D eigenvalue weighted by molar-refractivity contribution is 5.70. The van der Waals surface area contributed by atoms with Crippen molar-refractivity contribution in [3.8, 4) is 0 Å². The number of unbranched alkanes of at least 4 members (excludes halogenated alkanes) is 2. The lowest BCUT2D eigenvalue weighted by molar-refractivity contribution is -0.152. The lowest BCUT2D eigenvalue weighted by atomic mass is 9.89. The first kappa shape index (κ1) is 22.0. The molecule has 25 heavy (non-hydrogen) atoms. The van der Waals surface area contributed by atoms with Gasteiger partial charge in [-0.1, -0.05) is 46.5 Å². The van der Waals surface area contributed by atoms with Crippen LogP contribution in [0.3, 0.4) is 0 Å². The first-order valence-electron chi connectivity index (χ1n) is 10.4. The lowest BCUT2D eigenvalue weighted by Gasteiger charge is -2.26. The van der Waals surface area contributed by atoms with Crippen molar-refractivity contribution in [2.45, 2.75) is 104 Å². The van der Waals surface area contributed by atoms with Crippen molar-refractivity contribution < 1.29 is 19.1 Å². The van der Waals surface area contributed by atoms with E-state index in [1.807, 2.05) is 0 Å². The minimum Gasteiger partial charge on any atom is -0.465 e. The molecule has 0 amide bonds. The molecule has 0 aromatic heterocycles. The van der Waals surface area contributed by atoms with E-state index in [2.05, 4.69) is 20.8 Å². The molecule has 1 rings (SSSR count). The third-order valence-electron chi connectivity index (χ3n) is 5.22. The molecule has 146 valence electrons. The summed E-state index contributed by atoms with van der Waals surface area (Å²) in [5, 5.41) is 0. The first-order chi connectivity index (χ1) is 12.0. The normalized spacial score (nSPS) is 21.6. The largest absolute Gasteiger partial charge is 0.465 e. The SMILES string of the molecule is CCCCC(CC)COC(=O)CCCCC(=O)O[C@H]1CCC[C@H](C)C1. The number of rotatable bonds is 12. The highest BCUT2D eigenvalue weighted by Crippen LogP contribution is 2.26. The monoisotopic (exact) mass is 354 g/mol. The van der Waals surface area contributed by atoms with Gasteiger partial charge in [0, 0.05) is 12.8 Å². The minimum atomic E-state index is -0.135. The third kappa shape index (κ3) is 10.5. The highest BCUT2D eigenvalue weighted by atomic mass is 16.5. The molecule has 0 radical (unpaired) electrons. The second-order valence-electron chi connectivity index (χ2n) is 7.69. The summed E-state index contributed by atoms with van der Waals surface area (Å²) in [4.78, 5) is 23.7. The molecule has 0 bridgehead atoms. The zero-order valence-corrected chi connectivity index (χ0v) is 16.6. The maximum absolute atomic E-state index is 11.9. The van der Waals surface area contributed by atoms with Crippen molar-refractivity contribution in [2.75, 3.05) is 6.61 Å². The van der Waals surface area contributed by atoms with E-state index in [1.165, 1.54) is 19.3 Å². The Bertz CT molecular complexity index is 380. The Labute approximate surface area is 154 Å². The topological polar surface area (TPSA) is 52.6 Å². The van der Waals surface area contributed by atoms with E-state index in [4.69, 9.17) is 9.47 Å². The molecule has 0 aromatic rings. The number of esters is 2. The van der Waals surface area contributed by atoms with Crippen molar-refractivity contribution in [3.63, 3.8) is 0 Å². The summed E-state index contributed by atoms with van der Waals surface area (Å²) in [6.45, 7) is 7.08. The van der Waals surface area contributed by atoms with Gasteiger partial charge in [0.2, 0.25) is 0 Å². The zero-order valence-electron chi connectivity index (χ0n) is 16.6. The first-order valence-corrected chi connectivity index (χ1v) is 10.4.